The molecule has 14 heteroatoms. The number of rotatable bonds is 20. The highest BCUT2D eigenvalue weighted by Crippen LogP contribution is 2.51. The summed E-state index contributed by atoms with van der Waals surface area (Å²) in [5.41, 5.74) is 9.33. The zero-order chi connectivity index (χ0) is 46.4. The third-order valence-electron chi connectivity index (χ3n) is 10.2. The summed E-state index contributed by atoms with van der Waals surface area (Å²) in [5, 5.41) is 26.0. The lowest BCUT2D eigenvalue weighted by Gasteiger charge is -2.25. The minimum atomic E-state index is -4.00. The lowest BCUT2D eigenvalue weighted by Crippen LogP contribution is -2.13. The number of para-hydroxylation sites is 4. The molecule has 0 amide bonds. The van der Waals surface area contributed by atoms with E-state index in [1.54, 1.807) is 24.3 Å². The lowest BCUT2D eigenvalue weighted by molar-refractivity contribution is 0.483. The molecule has 0 aromatic heterocycles. The van der Waals surface area contributed by atoms with Gasteiger partial charge in [0.15, 0.2) is 0 Å². The zero-order valence-electron chi connectivity index (χ0n) is 36.6. The third kappa shape index (κ3) is 12.8. The smallest absolute Gasteiger partial charge is 0.414 e. The average molecular weight is 939 g/mol. The highest BCUT2D eigenvalue weighted by Gasteiger charge is 2.29. The molecule has 0 aliphatic rings. The Morgan fingerprint density at radius 3 is 0.691 bits per heavy atom. The predicted molar refractivity (Wildman–Crippen MR) is 286 cm³/mol. The molecule has 8 N–H and O–H groups in total. The van der Waals surface area contributed by atoms with Gasteiger partial charge in [0, 0.05) is 77.2 Å². The van der Waals surface area contributed by atoms with Crippen molar-refractivity contribution in [3.05, 3.63) is 243 Å². The van der Waals surface area contributed by atoms with Crippen molar-refractivity contribution in [2.45, 2.75) is 0 Å². The van der Waals surface area contributed by atoms with Gasteiger partial charge in [-0.2, -0.15) is 0 Å². The number of anilines is 12. The van der Waals surface area contributed by atoms with Crippen LogP contribution < -0.4 is 50.7 Å². The van der Waals surface area contributed by atoms with Crippen molar-refractivity contribution in [1.82, 2.24) is 0 Å². The van der Waals surface area contributed by atoms with Crippen molar-refractivity contribution in [2.75, 3.05) is 41.6 Å². The second-order valence-corrected chi connectivity index (χ2v) is 18.9. The summed E-state index contributed by atoms with van der Waals surface area (Å²) in [6, 6.07) is 75.5. The SMILES string of the molecule is O=P(Nc1ccc(Nc2ccccc2)cc1)(Nc1ccc(Nc2ccccc2)cc1)Oc1cccc(OP(=O)(Nc2ccc(Nc3ccccc3)cc2)Nc2ccc(Nc3ccccc3)cc2)c1.[HH].[HH]. The van der Waals surface area contributed by atoms with E-state index in [0.717, 1.165) is 45.5 Å². The monoisotopic (exact) mass is 938 g/mol. The molecular formula is C54H52N8O4P2. The summed E-state index contributed by atoms with van der Waals surface area (Å²) in [6.07, 6.45) is 0. The summed E-state index contributed by atoms with van der Waals surface area (Å²) in [7, 11) is -8.00. The van der Waals surface area contributed by atoms with Crippen LogP contribution in [0, 0.1) is 0 Å². The highest BCUT2D eigenvalue weighted by atomic mass is 31.2. The number of hydrogen-bond acceptors (Lipinski definition) is 8. The molecule has 0 aliphatic heterocycles. The van der Waals surface area contributed by atoms with Crippen LogP contribution >= 0.6 is 15.3 Å². The predicted octanol–water partition coefficient (Wildman–Crippen LogP) is 16.6. The van der Waals surface area contributed by atoms with Crippen LogP contribution in [0.3, 0.4) is 0 Å². The molecule has 0 fully saturated rings. The summed E-state index contributed by atoms with van der Waals surface area (Å²) < 4.78 is 42.8. The van der Waals surface area contributed by atoms with Gasteiger partial charge in [-0.3, -0.25) is 20.3 Å². The van der Waals surface area contributed by atoms with E-state index >= 15 is 9.13 Å². The van der Waals surface area contributed by atoms with E-state index in [1.165, 1.54) is 0 Å². The Labute approximate surface area is 398 Å². The molecule has 0 atom stereocenters. The standard InChI is InChI=1S/C54H48N8O4P2.2H2/c63-67(59-49-32-24-45(25-33-49)55-41-14-5-1-6-15-41,60-50-34-26-46(27-35-50)56-42-16-7-2-8-17-42)65-53-22-13-23-54(40-53)66-68(64,61-51-36-28-47(29-37-51)57-43-18-9-3-10-19-43)62-52-38-30-48(31-39-52)58-44-20-11-4-12-21-44;;/h1-40,55-58H,(H2,59,60,63)(H2,61,62,64);2*1H. The molecule has 68 heavy (non-hydrogen) atoms. The Morgan fingerprint density at radius 1 is 0.250 bits per heavy atom. The van der Waals surface area contributed by atoms with Gasteiger partial charge in [-0.1, -0.05) is 78.9 Å². The van der Waals surface area contributed by atoms with Crippen LogP contribution in [0.15, 0.2) is 243 Å². The van der Waals surface area contributed by atoms with Gasteiger partial charge in [0.05, 0.1) is 0 Å². The fourth-order valence-electron chi connectivity index (χ4n) is 6.98. The first-order valence-corrected chi connectivity index (χ1v) is 25.0. The Bertz CT molecular complexity index is 2720. The second-order valence-electron chi connectivity index (χ2n) is 15.5. The van der Waals surface area contributed by atoms with Gasteiger partial charge in [0.25, 0.3) is 0 Å². The van der Waals surface area contributed by atoms with E-state index < -0.39 is 15.3 Å². The Kier molecular flexibility index (Phi) is 13.9. The molecule has 12 nitrogen and oxygen atoms in total. The molecule has 342 valence electrons. The molecule has 0 aliphatic carbocycles. The molecule has 0 saturated carbocycles. The minimum Gasteiger partial charge on any atom is -0.414 e. The van der Waals surface area contributed by atoms with Gasteiger partial charge < -0.3 is 30.3 Å². The molecule has 0 radical (unpaired) electrons. The first kappa shape index (κ1) is 44.6. The van der Waals surface area contributed by atoms with Crippen molar-refractivity contribution in [1.29, 1.82) is 0 Å². The lowest BCUT2D eigenvalue weighted by atomic mass is 10.2. The van der Waals surface area contributed by atoms with E-state index in [0.29, 0.717) is 22.7 Å². The molecule has 0 spiro atoms. The maximum Gasteiger partial charge on any atom is 0.444 e. The average Bonchev–Trinajstić information content (AvgIpc) is 3.35. The number of benzene rings is 9. The van der Waals surface area contributed by atoms with E-state index in [-0.39, 0.29) is 14.4 Å². The van der Waals surface area contributed by atoms with E-state index in [1.807, 2.05) is 218 Å². The Balaban J connectivity index is 0.00000361. The van der Waals surface area contributed by atoms with Crippen molar-refractivity contribution in [3.8, 4) is 11.5 Å². The minimum absolute atomic E-state index is 0. The van der Waals surface area contributed by atoms with Gasteiger partial charge in [-0.25, -0.2) is 9.13 Å². The molecule has 0 heterocycles. The quantitative estimate of drug-likeness (QED) is 0.0344. The van der Waals surface area contributed by atoms with Crippen LogP contribution in [0.25, 0.3) is 0 Å². The molecule has 9 aromatic carbocycles. The fourth-order valence-corrected chi connectivity index (χ4v) is 10.0. The van der Waals surface area contributed by atoms with E-state index in [9.17, 15) is 0 Å². The molecule has 0 saturated heterocycles. The van der Waals surface area contributed by atoms with Gasteiger partial charge >= 0.3 is 15.3 Å². The van der Waals surface area contributed by atoms with Crippen molar-refractivity contribution in [3.63, 3.8) is 0 Å². The van der Waals surface area contributed by atoms with Gasteiger partial charge in [0.2, 0.25) is 0 Å². The summed E-state index contributed by atoms with van der Waals surface area (Å²) in [5.74, 6) is 0.379. The van der Waals surface area contributed by atoms with Crippen molar-refractivity contribution < 1.29 is 21.0 Å². The third-order valence-corrected chi connectivity index (χ3v) is 13.3. The topological polar surface area (TPSA) is 149 Å². The van der Waals surface area contributed by atoms with Crippen LogP contribution in [-0.2, 0) is 9.13 Å². The van der Waals surface area contributed by atoms with Crippen molar-refractivity contribution >= 4 is 83.6 Å². The largest absolute Gasteiger partial charge is 0.444 e. The Hall–Kier alpha value is -8.56. The molecular weight excluding hydrogens is 887 g/mol. The van der Waals surface area contributed by atoms with Crippen molar-refractivity contribution in [2.24, 2.45) is 0 Å². The molecule has 9 aromatic rings. The fraction of sp³-hybridized carbons (Fsp3) is 0. The van der Waals surface area contributed by atoms with Gasteiger partial charge in [-0.05, 0) is 158 Å². The zero-order valence-corrected chi connectivity index (χ0v) is 38.4. The van der Waals surface area contributed by atoms with Crippen LogP contribution in [0.1, 0.15) is 2.85 Å². The van der Waals surface area contributed by atoms with Crippen LogP contribution in [0.5, 0.6) is 11.5 Å². The first-order chi connectivity index (χ1) is 33.3. The van der Waals surface area contributed by atoms with E-state index in [2.05, 4.69) is 41.6 Å². The van der Waals surface area contributed by atoms with Crippen LogP contribution in [0.4, 0.5) is 68.2 Å². The maximum atomic E-state index is 15.0. The highest BCUT2D eigenvalue weighted by molar-refractivity contribution is 7.62. The maximum absolute atomic E-state index is 15.0. The van der Waals surface area contributed by atoms with E-state index in [4.69, 9.17) is 9.05 Å². The Morgan fingerprint density at radius 2 is 0.456 bits per heavy atom. The summed E-state index contributed by atoms with van der Waals surface area (Å²) in [6.45, 7) is 0. The second kappa shape index (κ2) is 21.2. The van der Waals surface area contributed by atoms with Gasteiger partial charge in [0.1, 0.15) is 11.5 Å². The number of hydrogen-bond donors (Lipinski definition) is 8. The van der Waals surface area contributed by atoms with Crippen LogP contribution in [-0.4, -0.2) is 0 Å². The summed E-state index contributed by atoms with van der Waals surface area (Å²) >= 11 is 0. The van der Waals surface area contributed by atoms with Gasteiger partial charge in [-0.15, -0.1) is 0 Å². The molecule has 0 unspecified atom stereocenters. The number of nitrogens with one attached hydrogen (secondary N) is 8. The normalized spacial score (nSPS) is 11.1. The first-order valence-electron chi connectivity index (χ1n) is 21.8. The molecule has 0 bridgehead atoms. The molecule has 9 rings (SSSR count). The summed E-state index contributed by atoms with van der Waals surface area (Å²) in [4.78, 5) is 0. The van der Waals surface area contributed by atoms with Crippen LogP contribution in [0.2, 0.25) is 0 Å².